The molecule has 0 bridgehead atoms. The summed E-state index contributed by atoms with van der Waals surface area (Å²) in [7, 11) is 0. The Balaban J connectivity index is 2.21. The lowest BCUT2D eigenvalue weighted by Gasteiger charge is -2.14. The normalized spacial score (nSPS) is 12.4. The molecule has 3 heteroatoms. The van der Waals surface area contributed by atoms with Crippen molar-refractivity contribution in [2.75, 3.05) is 0 Å². The molecular formula is C15H14F2O. The molecule has 94 valence electrons. The molecule has 0 radical (unpaired) electrons. The molecule has 18 heavy (non-hydrogen) atoms. The maximum Gasteiger partial charge on any atom is 0.123 e. The zero-order chi connectivity index (χ0) is 13.1. The highest BCUT2D eigenvalue weighted by molar-refractivity contribution is 5.30. The van der Waals surface area contributed by atoms with Gasteiger partial charge in [-0.05, 0) is 47.9 Å². The van der Waals surface area contributed by atoms with E-state index in [4.69, 9.17) is 0 Å². The van der Waals surface area contributed by atoms with E-state index in [-0.39, 0.29) is 18.1 Å². The predicted octanol–water partition coefficient (Wildman–Crippen LogP) is 3.55. The van der Waals surface area contributed by atoms with Crippen LogP contribution in [0.3, 0.4) is 0 Å². The Labute approximate surface area is 105 Å². The third kappa shape index (κ3) is 2.93. The van der Waals surface area contributed by atoms with Crippen LogP contribution in [0.15, 0.2) is 42.5 Å². The highest BCUT2D eigenvalue weighted by Gasteiger charge is 2.12. The maximum atomic E-state index is 13.1. The van der Waals surface area contributed by atoms with Crippen molar-refractivity contribution in [1.82, 2.24) is 0 Å². The first-order valence-corrected chi connectivity index (χ1v) is 5.75. The van der Waals surface area contributed by atoms with Crippen molar-refractivity contribution in [2.45, 2.75) is 19.4 Å². The Morgan fingerprint density at radius 3 is 2.50 bits per heavy atom. The highest BCUT2D eigenvalue weighted by Crippen LogP contribution is 2.22. The number of rotatable bonds is 3. The maximum absolute atomic E-state index is 13.1. The van der Waals surface area contributed by atoms with Crippen molar-refractivity contribution in [3.05, 3.63) is 70.8 Å². The molecular weight excluding hydrogens is 234 g/mol. The number of halogens is 2. The van der Waals surface area contributed by atoms with Crippen LogP contribution in [0.25, 0.3) is 0 Å². The van der Waals surface area contributed by atoms with E-state index in [1.54, 1.807) is 18.2 Å². The van der Waals surface area contributed by atoms with E-state index in [1.807, 2.05) is 6.92 Å². The van der Waals surface area contributed by atoms with Gasteiger partial charge in [-0.15, -0.1) is 0 Å². The molecule has 0 fully saturated rings. The van der Waals surface area contributed by atoms with Gasteiger partial charge in [0.1, 0.15) is 11.6 Å². The van der Waals surface area contributed by atoms with Crippen molar-refractivity contribution in [3.8, 4) is 0 Å². The summed E-state index contributed by atoms with van der Waals surface area (Å²) in [5.74, 6) is -0.718. The molecule has 0 spiro atoms. The molecule has 1 atom stereocenters. The summed E-state index contributed by atoms with van der Waals surface area (Å²) < 4.78 is 26.2. The fourth-order valence-corrected chi connectivity index (χ4v) is 1.97. The third-order valence-corrected chi connectivity index (χ3v) is 2.92. The van der Waals surface area contributed by atoms with Crippen LogP contribution in [0.4, 0.5) is 8.78 Å². The second-order valence-corrected chi connectivity index (χ2v) is 4.35. The molecule has 0 heterocycles. The first kappa shape index (κ1) is 12.7. The van der Waals surface area contributed by atoms with Gasteiger partial charge in [0.2, 0.25) is 0 Å². The summed E-state index contributed by atoms with van der Waals surface area (Å²) in [6, 6.07) is 10.4. The van der Waals surface area contributed by atoms with Gasteiger partial charge in [-0.3, -0.25) is 0 Å². The standard InChI is InChI=1S/C15H14F2O/c1-10-5-6-13(17)9-14(10)15(18)8-11-3-2-4-12(16)7-11/h2-7,9,15,18H,8H2,1H3. The Kier molecular flexibility index (Phi) is 3.72. The van der Waals surface area contributed by atoms with E-state index < -0.39 is 6.10 Å². The fraction of sp³-hybridized carbons (Fsp3) is 0.200. The van der Waals surface area contributed by atoms with Crippen LogP contribution in [0.5, 0.6) is 0 Å². The van der Waals surface area contributed by atoms with Gasteiger partial charge in [-0.2, -0.15) is 0 Å². The molecule has 0 aliphatic rings. The Hall–Kier alpha value is -1.74. The lowest BCUT2D eigenvalue weighted by molar-refractivity contribution is 0.177. The van der Waals surface area contributed by atoms with Crippen LogP contribution in [-0.4, -0.2) is 5.11 Å². The van der Waals surface area contributed by atoms with Crippen molar-refractivity contribution in [2.24, 2.45) is 0 Å². The lowest BCUT2D eigenvalue weighted by Crippen LogP contribution is -2.04. The van der Waals surface area contributed by atoms with Crippen LogP contribution >= 0.6 is 0 Å². The van der Waals surface area contributed by atoms with Gasteiger partial charge in [0.25, 0.3) is 0 Å². The van der Waals surface area contributed by atoms with Gasteiger partial charge in [-0.25, -0.2) is 8.78 Å². The molecule has 0 aromatic heterocycles. The quantitative estimate of drug-likeness (QED) is 0.880. The predicted molar refractivity (Wildman–Crippen MR) is 66.2 cm³/mol. The Morgan fingerprint density at radius 1 is 1.06 bits per heavy atom. The summed E-state index contributed by atoms with van der Waals surface area (Å²) >= 11 is 0. The number of benzene rings is 2. The van der Waals surface area contributed by atoms with Gasteiger partial charge in [-0.1, -0.05) is 18.2 Å². The van der Waals surface area contributed by atoms with Crippen LogP contribution in [0.2, 0.25) is 0 Å². The van der Waals surface area contributed by atoms with Crippen molar-refractivity contribution < 1.29 is 13.9 Å². The molecule has 0 saturated carbocycles. The van der Waals surface area contributed by atoms with Crippen LogP contribution in [-0.2, 0) is 6.42 Å². The summed E-state index contributed by atoms with van der Waals surface area (Å²) in [6.45, 7) is 1.81. The summed E-state index contributed by atoms with van der Waals surface area (Å²) in [5, 5.41) is 10.1. The summed E-state index contributed by atoms with van der Waals surface area (Å²) in [5.41, 5.74) is 2.05. The molecule has 1 N–H and O–H groups in total. The number of hydrogen-bond acceptors (Lipinski definition) is 1. The minimum Gasteiger partial charge on any atom is -0.388 e. The van der Waals surface area contributed by atoms with Crippen molar-refractivity contribution >= 4 is 0 Å². The molecule has 0 aliphatic carbocycles. The van der Waals surface area contributed by atoms with E-state index in [2.05, 4.69) is 0 Å². The van der Waals surface area contributed by atoms with E-state index in [9.17, 15) is 13.9 Å². The van der Waals surface area contributed by atoms with E-state index in [0.717, 1.165) is 5.56 Å². The summed E-state index contributed by atoms with van der Waals surface area (Å²) in [4.78, 5) is 0. The molecule has 1 nitrogen and oxygen atoms in total. The molecule has 2 aromatic carbocycles. The topological polar surface area (TPSA) is 20.2 Å². The minimum absolute atomic E-state index is 0.266. The Morgan fingerprint density at radius 2 is 1.78 bits per heavy atom. The highest BCUT2D eigenvalue weighted by atomic mass is 19.1. The van der Waals surface area contributed by atoms with Crippen LogP contribution < -0.4 is 0 Å². The third-order valence-electron chi connectivity index (χ3n) is 2.92. The van der Waals surface area contributed by atoms with Crippen molar-refractivity contribution in [1.29, 1.82) is 0 Å². The molecule has 0 amide bonds. The minimum atomic E-state index is -0.831. The van der Waals surface area contributed by atoms with Gasteiger partial charge >= 0.3 is 0 Å². The first-order chi connectivity index (χ1) is 8.56. The van der Waals surface area contributed by atoms with Gasteiger partial charge in [0, 0.05) is 6.42 Å². The zero-order valence-electron chi connectivity index (χ0n) is 10.0. The zero-order valence-corrected chi connectivity index (χ0v) is 10.0. The molecule has 2 rings (SSSR count). The van der Waals surface area contributed by atoms with E-state index in [0.29, 0.717) is 11.1 Å². The average molecular weight is 248 g/mol. The number of aryl methyl sites for hydroxylation is 1. The molecule has 0 saturated heterocycles. The molecule has 0 aliphatic heterocycles. The fourth-order valence-electron chi connectivity index (χ4n) is 1.97. The molecule has 1 unspecified atom stereocenters. The second-order valence-electron chi connectivity index (χ2n) is 4.35. The molecule has 2 aromatic rings. The number of hydrogen-bond donors (Lipinski definition) is 1. The van der Waals surface area contributed by atoms with E-state index in [1.165, 1.54) is 24.3 Å². The Bertz CT molecular complexity index is 552. The average Bonchev–Trinajstić information content (AvgIpc) is 2.32. The monoisotopic (exact) mass is 248 g/mol. The largest absolute Gasteiger partial charge is 0.388 e. The van der Waals surface area contributed by atoms with Crippen molar-refractivity contribution in [3.63, 3.8) is 0 Å². The second kappa shape index (κ2) is 5.27. The van der Waals surface area contributed by atoms with Gasteiger partial charge in [0.05, 0.1) is 6.10 Å². The lowest BCUT2D eigenvalue weighted by atomic mass is 9.97. The SMILES string of the molecule is Cc1ccc(F)cc1C(O)Cc1cccc(F)c1. The van der Waals surface area contributed by atoms with Crippen LogP contribution in [0, 0.1) is 18.6 Å². The van der Waals surface area contributed by atoms with Gasteiger partial charge < -0.3 is 5.11 Å². The smallest absolute Gasteiger partial charge is 0.123 e. The number of aliphatic hydroxyl groups excluding tert-OH is 1. The number of aliphatic hydroxyl groups is 1. The van der Waals surface area contributed by atoms with E-state index >= 15 is 0 Å². The van der Waals surface area contributed by atoms with Gasteiger partial charge in [0.15, 0.2) is 0 Å². The first-order valence-electron chi connectivity index (χ1n) is 5.75. The summed E-state index contributed by atoms with van der Waals surface area (Å²) in [6.07, 6.45) is -0.565. The van der Waals surface area contributed by atoms with Crippen LogP contribution in [0.1, 0.15) is 22.8 Å².